The standard InChI is InChI=1S/C14H20N4/c1-5-7-11-8-6-9-12(15-11)13-16-14(4,10(2)3)18-17-13/h6,8-10H,5,7H2,1-4H3. The van der Waals surface area contributed by atoms with E-state index in [-0.39, 0.29) is 0 Å². The van der Waals surface area contributed by atoms with Crippen LogP contribution in [0.3, 0.4) is 0 Å². The van der Waals surface area contributed by atoms with E-state index in [0.717, 1.165) is 24.2 Å². The maximum atomic E-state index is 4.61. The molecule has 0 aliphatic carbocycles. The van der Waals surface area contributed by atoms with Gasteiger partial charge in [0.25, 0.3) is 0 Å². The quantitative estimate of drug-likeness (QED) is 0.798. The van der Waals surface area contributed by atoms with Gasteiger partial charge in [0, 0.05) is 11.6 Å². The van der Waals surface area contributed by atoms with Gasteiger partial charge in [-0.1, -0.05) is 33.3 Å². The molecule has 0 radical (unpaired) electrons. The summed E-state index contributed by atoms with van der Waals surface area (Å²) < 4.78 is 0. The van der Waals surface area contributed by atoms with Crippen molar-refractivity contribution in [3.8, 4) is 0 Å². The smallest absolute Gasteiger partial charge is 0.197 e. The molecule has 96 valence electrons. The van der Waals surface area contributed by atoms with E-state index >= 15 is 0 Å². The van der Waals surface area contributed by atoms with E-state index in [0.29, 0.717) is 11.8 Å². The molecule has 1 aliphatic rings. The van der Waals surface area contributed by atoms with Crippen LogP contribution in [0.1, 0.15) is 45.5 Å². The molecule has 4 nitrogen and oxygen atoms in total. The topological polar surface area (TPSA) is 50.0 Å². The fourth-order valence-corrected chi connectivity index (χ4v) is 1.76. The van der Waals surface area contributed by atoms with Crippen molar-refractivity contribution in [1.82, 2.24) is 4.98 Å². The summed E-state index contributed by atoms with van der Waals surface area (Å²) in [6.45, 7) is 8.36. The fourth-order valence-electron chi connectivity index (χ4n) is 1.76. The molecular weight excluding hydrogens is 224 g/mol. The highest BCUT2D eigenvalue weighted by molar-refractivity contribution is 5.98. The van der Waals surface area contributed by atoms with Crippen molar-refractivity contribution in [1.29, 1.82) is 0 Å². The summed E-state index contributed by atoms with van der Waals surface area (Å²) in [4.78, 5) is 9.20. The SMILES string of the molecule is CCCc1cccc(C2=NC(C)(C(C)C)N=N2)n1. The summed E-state index contributed by atoms with van der Waals surface area (Å²) in [5.74, 6) is 0.988. The van der Waals surface area contributed by atoms with Gasteiger partial charge in [0.05, 0.1) is 0 Å². The Labute approximate surface area is 108 Å². The summed E-state index contributed by atoms with van der Waals surface area (Å²) in [5.41, 5.74) is 1.48. The monoisotopic (exact) mass is 244 g/mol. The molecule has 1 atom stereocenters. The Morgan fingerprint density at radius 3 is 2.67 bits per heavy atom. The van der Waals surface area contributed by atoms with Crippen molar-refractivity contribution in [2.24, 2.45) is 21.1 Å². The molecule has 1 aliphatic heterocycles. The van der Waals surface area contributed by atoms with E-state index in [1.165, 1.54) is 0 Å². The predicted octanol–water partition coefficient (Wildman–Crippen LogP) is 3.62. The highest BCUT2D eigenvalue weighted by Crippen LogP contribution is 2.29. The molecule has 0 N–H and O–H groups in total. The van der Waals surface area contributed by atoms with Crippen molar-refractivity contribution in [2.45, 2.75) is 46.2 Å². The van der Waals surface area contributed by atoms with Crippen LogP contribution >= 0.6 is 0 Å². The minimum atomic E-state index is -0.433. The van der Waals surface area contributed by atoms with Crippen LogP contribution in [0.25, 0.3) is 0 Å². The molecule has 0 fully saturated rings. The summed E-state index contributed by atoms with van der Waals surface area (Å²) in [6.07, 6.45) is 2.08. The summed E-state index contributed by atoms with van der Waals surface area (Å²) in [5, 5.41) is 8.48. The minimum absolute atomic E-state index is 0.331. The Morgan fingerprint density at radius 1 is 1.28 bits per heavy atom. The third-order valence-corrected chi connectivity index (χ3v) is 3.32. The van der Waals surface area contributed by atoms with Gasteiger partial charge in [0.1, 0.15) is 5.69 Å². The molecular formula is C14H20N4. The largest absolute Gasteiger partial charge is 0.249 e. The Balaban J connectivity index is 2.29. The minimum Gasteiger partial charge on any atom is -0.249 e. The Bertz CT molecular complexity index is 490. The van der Waals surface area contributed by atoms with Crippen LogP contribution in [0.5, 0.6) is 0 Å². The maximum absolute atomic E-state index is 4.61. The number of aromatic nitrogens is 1. The van der Waals surface area contributed by atoms with Crippen LogP contribution in [0, 0.1) is 5.92 Å². The maximum Gasteiger partial charge on any atom is 0.197 e. The lowest BCUT2D eigenvalue weighted by Gasteiger charge is -2.19. The number of aliphatic imine (C=N–C) groups is 1. The molecule has 2 heterocycles. The Hall–Kier alpha value is -1.58. The number of aryl methyl sites for hydroxylation is 1. The van der Waals surface area contributed by atoms with Crippen LogP contribution in [-0.2, 0) is 6.42 Å². The van der Waals surface area contributed by atoms with Crippen molar-refractivity contribution < 1.29 is 0 Å². The van der Waals surface area contributed by atoms with Gasteiger partial charge >= 0.3 is 0 Å². The molecule has 0 bridgehead atoms. The van der Waals surface area contributed by atoms with E-state index in [4.69, 9.17) is 0 Å². The van der Waals surface area contributed by atoms with Crippen molar-refractivity contribution >= 4 is 5.84 Å². The Kier molecular flexibility index (Phi) is 3.55. The van der Waals surface area contributed by atoms with Gasteiger partial charge in [-0.3, -0.25) is 0 Å². The van der Waals surface area contributed by atoms with Crippen LogP contribution < -0.4 is 0 Å². The number of hydrogen-bond acceptors (Lipinski definition) is 4. The molecule has 4 heteroatoms. The number of pyridine rings is 1. The highest BCUT2D eigenvalue weighted by atomic mass is 15.3. The zero-order valence-corrected chi connectivity index (χ0v) is 11.5. The van der Waals surface area contributed by atoms with Crippen molar-refractivity contribution in [2.75, 3.05) is 0 Å². The molecule has 1 aromatic rings. The molecule has 0 aromatic carbocycles. The molecule has 0 saturated carbocycles. The number of rotatable bonds is 4. The second kappa shape index (κ2) is 4.96. The molecule has 0 saturated heterocycles. The molecule has 2 rings (SSSR count). The fraction of sp³-hybridized carbons (Fsp3) is 0.571. The predicted molar refractivity (Wildman–Crippen MR) is 72.9 cm³/mol. The third-order valence-electron chi connectivity index (χ3n) is 3.32. The van der Waals surface area contributed by atoms with Gasteiger partial charge in [-0.25, -0.2) is 9.98 Å². The first kappa shape index (κ1) is 12.9. The number of azo groups is 1. The zero-order valence-electron chi connectivity index (χ0n) is 11.5. The average molecular weight is 244 g/mol. The van der Waals surface area contributed by atoms with E-state index in [1.807, 2.05) is 25.1 Å². The van der Waals surface area contributed by atoms with Crippen LogP contribution in [-0.4, -0.2) is 16.5 Å². The molecule has 18 heavy (non-hydrogen) atoms. The number of hydrogen-bond donors (Lipinski definition) is 0. The number of nitrogens with zero attached hydrogens (tertiary/aromatic N) is 4. The second-order valence-corrected chi connectivity index (χ2v) is 5.15. The first-order chi connectivity index (χ1) is 8.55. The van der Waals surface area contributed by atoms with Gasteiger partial charge in [-0.15, -0.1) is 5.11 Å². The zero-order chi connectivity index (χ0) is 13.2. The van der Waals surface area contributed by atoms with Crippen LogP contribution in [0.15, 0.2) is 33.4 Å². The van der Waals surface area contributed by atoms with Gasteiger partial charge in [0.2, 0.25) is 0 Å². The summed E-state index contributed by atoms with van der Waals surface area (Å²) in [7, 11) is 0. The normalized spacial score (nSPS) is 22.6. The first-order valence-electron chi connectivity index (χ1n) is 6.54. The lowest BCUT2D eigenvalue weighted by molar-refractivity contribution is 0.357. The third kappa shape index (κ3) is 2.47. The molecule has 1 unspecified atom stereocenters. The van der Waals surface area contributed by atoms with E-state index in [1.54, 1.807) is 0 Å². The van der Waals surface area contributed by atoms with Crippen LogP contribution in [0.4, 0.5) is 0 Å². The molecule has 1 aromatic heterocycles. The second-order valence-electron chi connectivity index (χ2n) is 5.15. The van der Waals surface area contributed by atoms with E-state index in [9.17, 15) is 0 Å². The van der Waals surface area contributed by atoms with Gasteiger partial charge in [-0.05, 0) is 25.5 Å². The Morgan fingerprint density at radius 2 is 2.06 bits per heavy atom. The summed E-state index contributed by atoms with van der Waals surface area (Å²) in [6, 6.07) is 6.00. The van der Waals surface area contributed by atoms with Crippen LogP contribution in [0.2, 0.25) is 0 Å². The highest BCUT2D eigenvalue weighted by Gasteiger charge is 2.32. The first-order valence-corrected chi connectivity index (χ1v) is 6.54. The average Bonchev–Trinajstić information content (AvgIpc) is 2.74. The van der Waals surface area contributed by atoms with Crippen molar-refractivity contribution in [3.05, 3.63) is 29.6 Å². The van der Waals surface area contributed by atoms with Crippen molar-refractivity contribution in [3.63, 3.8) is 0 Å². The summed E-state index contributed by atoms with van der Waals surface area (Å²) >= 11 is 0. The van der Waals surface area contributed by atoms with Gasteiger partial charge < -0.3 is 0 Å². The lowest BCUT2D eigenvalue weighted by atomic mass is 10.0. The van der Waals surface area contributed by atoms with Gasteiger partial charge in [0.15, 0.2) is 11.5 Å². The van der Waals surface area contributed by atoms with E-state index < -0.39 is 5.66 Å². The molecule has 0 spiro atoms. The molecule has 0 amide bonds. The van der Waals surface area contributed by atoms with E-state index in [2.05, 4.69) is 41.0 Å². The lowest BCUT2D eigenvalue weighted by Crippen LogP contribution is -2.24. The van der Waals surface area contributed by atoms with Gasteiger partial charge in [-0.2, -0.15) is 5.11 Å². The number of amidine groups is 1.